The van der Waals surface area contributed by atoms with Gasteiger partial charge in [-0.15, -0.1) is 0 Å². The largest absolute Gasteiger partial charge is 0.496 e. The van der Waals surface area contributed by atoms with Crippen molar-refractivity contribution in [1.82, 2.24) is 9.78 Å². The zero-order valence-corrected chi connectivity index (χ0v) is 16.1. The minimum Gasteiger partial charge on any atom is -0.496 e. The highest BCUT2D eigenvalue weighted by molar-refractivity contribution is 6.00. The first-order valence-electron chi connectivity index (χ1n) is 9.37. The van der Waals surface area contributed by atoms with Gasteiger partial charge in [-0.2, -0.15) is 9.78 Å². The Kier molecular flexibility index (Phi) is 5.38. The molecule has 4 rings (SSSR count). The molecule has 29 heavy (non-hydrogen) atoms. The van der Waals surface area contributed by atoms with Gasteiger partial charge < -0.3 is 10.1 Å². The highest BCUT2D eigenvalue weighted by atomic mass is 16.5. The standard InChI is InChI=1S/C24H21N3O2/c1-29-22-15-9-8-14-20(22)24(28)27-23(25-17-18-10-4-2-5-11-18)16-21(26-27)19-12-6-3-7-13-19/h2-16,25H,17H2,1H3. The summed E-state index contributed by atoms with van der Waals surface area (Å²) in [4.78, 5) is 13.3. The van der Waals surface area contributed by atoms with Crippen LogP contribution < -0.4 is 10.1 Å². The average Bonchev–Trinajstić information content (AvgIpc) is 3.23. The number of carbonyl (C=O) groups excluding carboxylic acids is 1. The molecule has 1 N–H and O–H groups in total. The molecular formula is C24H21N3O2. The molecule has 0 aliphatic rings. The fourth-order valence-electron chi connectivity index (χ4n) is 3.14. The fraction of sp³-hybridized carbons (Fsp3) is 0.0833. The van der Waals surface area contributed by atoms with Crippen LogP contribution in [0.25, 0.3) is 11.3 Å². The molecule has 0 unspecified atom stereocenters. The van der Waals surface area contributed by atoms with E-state index in [0.717, 1.165) is 16.8 Å². The second-order valence-electron chi connectivity index (χ2n) is 6.54. The van der Waals surface area contributed by atoms with Gasteiger partial charge in [0.2, 0.25) is 0 Å². The van der Waals surface area contributed by atoms with Crippen LogP contribution in [0.4, 0.5) is 5.82 Å². The van der Waals surface area contributed by atoms with Gasteiger partial charge in [-0.25, -0.2) is 0 Å². The number of ether oxygens (including phenoxy) is 1. The Balaban J connectivity index is 1.72. The SMILES string of the molecule is COc1ccccc1C(=O)n1nc(-c2ccccc2)cc1NCc1ccccc1. The normalized spacial score (nSPS) is 10.5. The molecule has 3 aromatic carbocycles. The Morgan fingerprint density at radius 3 is 2.31 bits per heavy atom. The summed E-state index contributed by atoms with van der Waals surface area (Å²) in [5.41, 5.74) is 3.25. The molecule has 0 amide bonds. The number of methoxy groups -OCH3 is 1. The number of aromatic nitrogens is 2. The summed E-state index contributed by atoms with van der Waals surface area (Å²) in [6.45, 7) is 0.583. The third-order valence-electron chi connectivity index (χ3n) is 4.63. The van der Waals surface area contributed by atoms with Crippen LogP contribution in [0.2, 0.25) is 0 Å². The van der Waals surface area contributed by atoms with Gasteiger partial charge in [-0.3, -0.25) is 4.79 Å². The molecule has 0 spiro atoms. The molecule has 0 fully saturated rings. The summed E-state index contributed by atoms with van der Waals surface area (Å²) in [5, 5.41) is 7.94. The van der Waals surface area contributed by atoms with Crippen molar-refractivity contribution in [1.29, 1.82) is 0 Å². The fourth-order valence-corrected chi connectivity index (χ4v) is 3.14. The molecule has 0 aliphatic heterocycles. The second kappa shape index (κ2) is 8.44. The summed E-state index contributed by atoms with van der Waals surface area (Å²) in [7, 11) is 1.55. The monoisotopic (exact) mass is 383 g/mol. The lowest BCUT2D eigenvalue weighted by atomic mass is 10.1. The van der Waals surface area contributed by atoms with E-state index in [2.05, 4.69) is 10.4 Å². The lowest BCUT2D eigenvalue weighted by molar-refractivity contribution is 0.0945. The summed E-state index contributed by atoms with van der Waals surface area (Å²) >= 11 is 0. The lowest BCUT2D eigenvalue weighted by Gasteiger charge is -2.11. The van der Waals surface area contributed by atoms with Crippen LogP contribution in [0.3, 0.4) is 0 Å². The van der Waals surface area contributed by atoms with Crippen LogP contribution in [-0.2, 0) is 6.54 Å². The lowest BCUT2D eigenvalue weighted by Crippen LogP contribution is -2.18. The Morgan fingerprint density at radius 1 is 0.931 bits per heavy atom. The van der Waals surface area contributed by atoms with E-state index in [0.29, 0.717) is 23.7 Å². The van der Waals surface area contributed by atoms with E-state index in [1.165, 1.54) is 4.68 Å². The van der Waals surface area contributed by atoms with Gasteiger partial charge in [-0.05, 0) is 17.7 Å². The van der Waals surface area contributed by atoms with Crippen molar-refractivity contribution in [3.8, 4) is 17.0 Å². The first-order chi connectivity index (χ1) is 14.3. The Hall–Kier alpha value is -3.86. The Bertz CT molecular complexity index is 1110. The maximum atomic E-state index is 13.3. The highest BCUT2D eigenvalue weighted by Gasteiger charge is 2.20. The predicted octanol–water partition coefficient (Wildman–Crippen LogP) is 4.86. The van der Waals surface area contributed by atoms with E-state index < -0.39 is 0 Å². The number of hydrogen-bond donors (Lipinski definition) is 1. The quantitative estimate of drug-likeness (QED) is 0.517. The summed E-state index contributed by atoms with van der Waals surface area (Å²) in [6, 6.07) is 28.9. The van der Waals surface area contributed by atoms with E-state index in [1.54, 1.807) is 19.2 Å². The second-order valence-corrected chi connectivity index (χ2v) is 6.54. The van der Waals surface area contributed by atoms with Crippen LogP contribution in [0.15, 0.2) is 91.0 Å². The molecule has 0 atom stereocenters. The van der Waals surface area contributed by atoms with Crippen LogP contribution in [-0.4, -0.2) is 22.8 Å². The number of nitrogens with one attached hydrogen (secondary N) is 1. The van der Waals surface area contributed by atoms with Gasteiger partial charge in [0, 0.05) is 18.2 Å². The Labute approximate surface area is 169 Å². The summed E-state index contributed by atoms with van der Waals surface area (Å²) < 4.78 is 6.77. The number of para-hydroxylation sites is 1. The number of benzene rings is 3. The van der Waals surface area contributed by atoms with Crippen molar-refractivity contribution < 1.29 is 9.53 Å². The van der Waals surface area contributed by atoms with Gasteiger partial charge in [-0.1, -0.05) is 72.8 Å². The maximum absolute atomic E-state index is 13.3. The molecule has 4 aromatic rings. The number of carbonyl (C=O) groups is 1. The zero-order chi connectivity index (χ0) is 20.1. The molecule has 0 saturated carbocycles. The highest BCUT2D eigenvalue weighted by Crippen LogP contribution is 2.25. The van der Waals surface area contributed by atoms with Crippen molar-refractivity contribution in [3.05, 3.63) is 102 Å². The van der Waals surface area contributed by atoms with E-state index in [4.69, 9.17) is 4.74 Å². The minimum absolute atomic E-state index is 0.250. The third kappa shape index (κ3) is 4.04. The van der Waals surface area contributed by atoms with E-state index >= 15 is 0 Å². The van der Waals surface area contributed by atoms with E-state index in [-0.39, 0.29) is 5.91 Å². The first kappa shape index (κ1) is 18.5. The zero-order valence-electron chi connectivity index (χ0n) is 16.1. The van der Waals surface area contributed by atoms with Gasteiger partial charge in [0.15, 0.2) is 0 Å². The van der Waals surface area contributed by atoms with Crippen molar-refractivity contribution in [2.45, 2.75) is 6.54 Å². The third-order valence-corrected chi connectivity index (χ3v) is 4.63. The molecule has 144 valence electrons. The number of rotatable bonds is 6. The first-order valence-corrected chi connectivity index (χ1v) is 9.37. The molecule has 0 bridgehead atoms. The molecular weight excluding hydrogens is 362 g/mol. The Morgan fingerprint density at radius 2 is 1.59 bits per heavy atom. The van der Waals surface area contributed by atoms with Crippen LogP contribution in [0, 0.1) is 0 Å². The van der Waals surface area contributed by atoms with Crippen LogP contribution >= 0.6 is 0 Å². The van der Waals surface area contributed by atoms with Crippen molar-refractivity contribution >= 4 is 11.7 Å². The molecule has 1 heterocycles. The van der Waals surface area contributed by atoms with Gasteiger partial charge in [0.25, 0.3) is 5.91 Å². The van der Waals surface area contributed by atoms with E-state index in [9.17, 15) is 4.79 Å². The van der Waals surface area contributed by atoms with Crippen molar-refractivity contribution in [2.75, 3.05) is 12.4 Å². The van der Waals surface area contributed by atoms with Gasteiger partial charge >= 0.3 is 0 Å². The number of anilines is 1. The molecule has 0 aliphatic carbocycles. The van der Waals surface area contributed by atoms with E-state index in [1.807, 2.05) is 78.9 Å². The van der Waals surface area contributed by atoms with Crippen molar-refractivity contribution in [2.24, 2.45) is 0 Å². The minimum atomic E-state index is -0.250. The average molecular weight is 383 g/mol. The molecule has 5 heteroatoms. The molecule has 1 aromatic heterocycles. The van der Waals surface area contributed by atoms with Crippen LogP contribution in [0.5, 0.6) is 5.75 Å². The van der Waals surface area contributed by atoms with Crippen LogP contribution in [0.1, 0.15) is 15.9 Å². The van der Waals surface area contributed by atoms with Gasteiger partial charge in [0.1, 0.15) is 11.6 Å². The summed E-state index contributed by atoms with van der Waals surface area (Å²) in [6.07, 6.45) is 0. The molecule has 0 saturated heterocycles. The van der Waals surface area contributed by atoms with Gasteiger partial charge in [0.05, 0.1) is 18.4 Å². The summed E-state index contributed by atoms with van der Waals surface area (Å²) in [5.74, 6) is 0.895. The topological polar surface area (TPSA) is 56.2 Å². The van der Waals surface area contributed by atoms with Crippen molar-refractivity contribution in [3.63, 3.8) is 0 Å². The number of hydrogen-bond acceptors (Lipinski definition) is 4. The molecule has 0 radical (unpaired) electrons. The smallest absolute Gasteiger partial charge is 0.283 e. The molecule has 5 nitrogen and oxygen atoms in total. The maximum Gasteiger partial charge on any atom is 0.283 e. The predicted molar refractivity (Wildman–Crippen MR) is 114 cm³/mol. The number of nitrogens with zero attached hydrogens (tertiary/aromatic N) is 2.